The molecule has 30 heavy (non-hydrogen) atoms. The van der Waals surface area contributed by atoms with E-state index in [0.29, 0.717) is 31.7 Å². The summed E-state index contributed by atoms with van der Waals surface area (Å²) < 4.78 is 4.97. The van der Waals surface area contributed by atoms with Gasteiger partial charge in [0.2, 0.25) is 5.91 Å². The molecule has 2 fully saturated rings. The summed E-state index contributed by atoms with van der Waals surface area (Å²) in [5, 5.41) is 6.58. The number of nitrogens with zero attached hydrogens (tertiary/aromatic N) is 3. The van der Waals surface area contributed by atoms with Gasteiger partial charge in [0.25, 0.3) is 0 Å². The smallest absolute Gasteiger partial charge is 0.234 e. The van der Waals surface area contributed by atoms with Crippen LogP contribution < -0.4 is 10.6 Å². The largest absolute Gasteiger partial charge is 0.383 e. The molecule has 0 bridgehead atoms. The first-order chi connectivity index (χ1) is 14.1. The third kappa shape index (κ3) is 7.09. The molecule has 3 rings (SSSR count). The molecule has 1 amide bonds. The Hall–Kier alpha value is -1.39. The molecule has 0 aromatic heterocycles. The third-order valence-corrected chi connectivity index (χ3v) is 5.67. The molecule has 1 aliphatic carbocycles. The number of piperazine rings is 1. The number of hydrogen-bond donors (Lipinski definition) is 2. The Labute approximate surface area is 197 Å². The van der Waals surface area contributed by atoms with Crippen molar-refractivity contribution in [2.45, 2.75) is 32.2 Å². The van der Waals surface area contributed by atoms with Crippen LogP contribution in [0.4, 0.5) is 0 Å². The number of carbonyl (C=O) groups is 1. The highest BCUT2D eigenvalue weighted by atomic mass is 127. The Morgan fingerprint density at radius 2 is 1.97 bits per heavy atom. The first kappa shape index (κ1) is 24.9. The number of hydrogen-bond acceptors (Lipinski definition) is 4. The fourth-order valence-electron chi connectivity index (χ4n) is 3.92. The van der Waals surface area contributed by atoms with Gasteiger partial charge in [-0.05, 0) is 31.4 Å². The second kappa shape index (κ2) is 12.5. The Morgan fingerprint density at radius 1 is 1.23 bits per heavy atom. The van der Waals surface area contributed by atoms with Gasteiger partial charge in [-0.1, -0.05) is 24.3 Å². The number of methoxy groups -OCH3 is 1. The van der Waals surface area contributed by atoms with Crippen LogP contribution >= 0.6 is 24.0 Å². The van der Waals surface area contributed by atoms with E-state index < -0.39 is 0 Å². The Kier molecular flexibility index (Phi) is 10.3. The lowest BCUT2D eigenvalue weighted by Gasteiger charge is -2.36. The van der Waals surface area contributed by atoms with Crippen LogP contribution in [0.25, 0.3) is 0 Å². The third-order valence-electron chi connectivity index (χ3n) is 5.67. The lowest BCUT2D eigenvalue weighted by atomic mass is 10.0. The second-order valence-corrected chi connectivity index (χ2v) is 7.85. The maximum atomic E-state index is 12.0. The quantitative estimate of drug-likeness (QED) is 0.233. The SMILES string of the molecule is CCN=C(NC1CC1c1ccccc1C)N1CCN(CC(=O)NCCOC)CC1.I. The molecule has 8 heteroatoms. The number of nitrogens with one attached hydrogen (secondary N) is 2. The minimum atomic E-state index is 0. The van der Waals surface area contributed by atoms with Crippen LogP contribution in [0.3, 0.4) is 0 Å². The molecule has 1 aromatic carbocycles. The highest BCUT2D eigenvalue weighted by Crippen LogP contribution is 2.42. The van der Waals surface area contributed by atoms with Crippen LogP contribution in [0, 0.1) is 6.92 Å². The fourth-order valence-corrected chi connectivity index (χ4v) is 3.92. The molecular formula is C22H36IN5O2. The van der Waals surface area contributed by atoms with Gasteiger partial charge in [0.1, 0.15) is 0 Å². The van der Waals surface area contributed by atoms with E-state index >= 15 is 0 Å². The minimum absolute atomic E-state index is 0. The van der Waals surface area contributed by atoms with Crippen LogP contribution in [0.2, 0.25) is 0 Å². The van der Waals surface area contributed by atoms with Crippen molar-refractivity contribution < 1.29 is 9.53 Å². The monoisotopic (exact) mass is 529 g/mol. The Balaban J connectivity index is 0.00000320. The molecule has 1 saturated carbocycles. The summed E-state index contributed by atoms with van der Waals surface area (Å²) in [6, 6.07) is 9.13. The van der Waals surface area contributed by atoms with Gasteiger partial charge < -0.3 is 20.3 Å². The molecule has 2 atom stereocenters. The molecule has 168 valence electrons. The van der Waals surface area contributed by atoms with Crippen molar-refractivity contribution in [2.75, 3.05) is 59.5 Å². The summed E-state index contributed by atoms with van der Waals surface area (Å²) >= 11 is 0. The van der Waals surface area contributed by atoms with Gasteiger partial charge >= 0.3 is 0 Å². The average molecular weight is 529 g/mol. The predicted molar refractivity (Wildman–Crippen MR) is 132 cm³/mol. The van der Waals surface area contributed by atoms with Crippen molar-refractivity contribution in [2.24, 2.45) is 4.99 Å². The lowest BCUT2D eigenvalue weighted by molar-refractivity contribution is -0.122. The van der Waals surface area contributed by atoms with Gasteiger partial charge in [-0.15, -0.1) is 24.0 Å². The Morgan fingerprint density at radius 3 is 2.63 bits per heavy atom. The van der Waals surface area contributed by atoms with Crippen LogP contribution in [0.1, 0.15) is 30.4 Å². The van der Waals surface area contributed by atoms with Gasteiger partial charge in [0, 0.05) is 58.3 Å². The molecule has 2 unspecified atom stereocenters. The van der Waals surface area contributed by atoms with E-state index in [9.17, 15) is 4.79 Å². The van der Waals surface area contributed by atoms with Crippen LogP contribution in [-0.2, 0) is 9.53 Å². The standard InChI is InChI=1S/C22H35N5O2.HI/c1-4-23-22(25-20-15-19(20)18-8-6-5-7-17(18)2)27-12-10-26(11-13-27)16-21(28)24-9-14-29-3;/h5-8,19-20H,4,9-16H2,1-3H3,(H,23,25)(H,24,28);1H. The van der Waals surface area contributed by atoms with E-state index in [1.165, 1.54) is 11.1 Å². The number of rotatable bonds is 8. The average Bonchev–Trinajstić information content (AvgIpc) is 3.48. The van der Waals surface area contributed by atoms with E-state index in [0.717, 1.165) is 45.1 Å². The summed E-state index contributed by atoms with van der Waals surface area (Å²) in [7, 11) is 1.64. The lowest BCUT2D eigenvalue weighted by Crippen LogP contribution is -2.54. The molecule has 1 heterocycles. The maximum absolute atomic E-state index is 12.0. The van der Waals surface area contributed by atoms with Gasteiger partial charge in [-0.25, -0.2) is 0 Å². The van der Waals surface area contributed by atoms with E-state index in [1.54, 1.807) is 7.11 Å². The molecule has 7 nitrogen and oxygen atoms in total. The first-order valence-corrected chi connectivity index (χ1v) is 10.7. The van der Waals surface area contributed by atoms with Crippen LogP contribution in [0.15, 0.2) is 29.3 Å². The van der Waals surface area contributed by atoms with E-state index in [-0.39, 0.29) is 29.9 Å². The molecule has 1 saturated heterocycles. The normalized spacial score (nSPS) is 21.7. The first-order valence-electron chi connectivity index (χ1n) is 10.7. The van der Waals surface area contributed by atoms with Crippen molar-refractivity contribution in [1.82, 2.24) is 20.4 Å². The summed E-state index contributed by atoms with van der Waals surface area (Å²) in [6.45, 7) is 10.1. The number of benzene rings is 1. The maximum Gasteiger partial charge on any atom is 0.234 e. The van der Waals surface area contributed by atoms with Crippen LogP contribution in [-0.4, -0.2) is 87.2 Å². The van der Waals surface area contributed by atoms with E-state index in [4.69, 9.17) is 9.73 Å². The summed E-state index contributed by atoms with van der Waals surface area (Å²) in [5.41, 5.74) is 2.82. The molecule has 0 spiro atoms. The van der Waals surface area contributed by atoms with E-state index in [1.807, 2.05) is 0 Å². The molecule has 2 aliphatic rings. The van der Waals surface area contributed by atoms with E-state index in [2.05, 4.69) is 58.5 Å². The predicted octanol–water partition coefficient (Wildman–Crippen LogP) is 1.81. The number of guanidine groups is 1. The van der Waals surface area contributed by atoms with Crippen molar-refractivity contribution >= 4 is 35.8 Å². The topological polar surface area (TPSA) is 69.2 Å². The summed E-state index contributed by atoms with van der Waals surface area (Å²) in [6.07, 6.45) is 1.16. The van der Waals surface area contributed by atoms with Crippen molar-refractivity contribution in [3.8, 4) is 0 Å². The van der Waals surface area contributed by atoms with Gasteiger partial charge in [-0.2, -0.15) is 0 Å². The van der Waals surface area contributed by atoms with Crippen molar-refractivity contribution in [1.29, 1.82) is 0 Å². The number of carbonyl (C=O) groups excluding carboxylic acids is 1. The highest BCUT2D eigenvalue weighted by Gasteiger charge is 2.40. The molecule has 1 aliphatic heterocycles. The number of aryl methyl sites for hydroxylation is 1. The van der Waals surface area contributed by atoms with Crippen molar-refractivity contribution in [3.05, 3.63) is 35.4 Å². The molecule has 2 N–H and O–H groups in total. The second-order valence-electron chi connectivity index (χ2n) is 7.85. The fraction of sp³-hybridized carbons (Fsp3) is 0.636. The molecule has 0 radical (unpaired) electrons. The highest BCUT2D eigenvalue weighted by molar-refractivity contribution is 14.0. The minimum Gasteiger partial charge on any atom is -0.383 e. The zero-order valence-electron chi connectivity index (χ0n) is 18.4. The molecular weight excluding hydrogens is 493 g/mol. The van der Waals surface area contributed by atoms with Crippen LogP contribution in [0.5, 0.6) is 0 Å². The summed E-state index contributed by atoms with van der Waals surface area (Å²) in [5.74, 6) is 1.66. The van der Waals surface area contributed by atoms with Gasteiger partial charge in [0.15, 0.2) is 5.96 Å². The number of amides is 1. The van der Waals surface area contributed by atoms with Gasteiger partial charge in [0.05, 0.1) is 13.2 Å². The molecule has 1 aromatic rings. The Bertz CT molecular complexity index is 707. The number of aliphatic imine (C=N–C) groups is 1. The van der Waals surface area contributed by atoms with Crippen molar-refractivity contribution in [3.63, 3.8) is 0 Å². The zero-order valence-corrected chi connectivity index (χ0v) is 20.7. The number of halogens is 1. The van der Waals surface area contributed by atoms with Gasteiger partial charge in [-0.3, -0.25) is 14.7 Å². The number of ether oxygens (including phenoxy) is 1. The zero-order chi connectivity index (χ0) is 20.6. The summed E-state index contributed by atoms with van der Waals surface area (Å²) in [4.78, 5) is 21.3.